The molecule has 0 radical (unpaired) electrons. The molecule has 1 aliphatic rings. The van der Waals surface area contributed by atoms with Gasteiger partial charge in [-0.05, 0) is 36.1 Å². The summed E-state index contributed by atoms with van der Waals surface area (Å²) < 4.78 is 16.2. The molecule has 0 saturated heterocycles. The Balaban J connectivity index is 1.72. The van der Waals surface area contributed by atoms with E-state index in [9.17, 15) is 4.79 Å². The van der Waals surface area contributed by atoms with Gasteiger partial charge in [-0.2, -0.15) is 0 Å². The maximum absolute atomic E-state index is 11.8. The Bertz CT molecular complexity index is 744. The number of hydrogen-bond acceptors (Lipinski definition) is 4. The third kappa shape index (κ3) is 4.12. The van der Waals surface area contributed by atoms with Gasteiger partial charge in [0.15, 0.2) is 11.5 Å². The first-order valence-corrected chi connectivity index (χ1v) is 8.36. The molecule has 132 valence electrons. The van der Waals surface area contributed by atoms with Crippen molar-refractivity contribution in [3.8, 4) is 11.5 Å². The number of ether oxygens (including phenoxy) is 3. The highest BCUT2D eigenvalue weighted by Gasteiger charge is 2.23. The van der Waals surface area contributed by atoms with Gasteiger partial charge in [0.1, 0.15) is 6.61 Å². The molecule has 2 aromatic carbocycles. The fourth-order valence-electron chi connectivity index (χ4n) is 3.20. The Labute approximate surface area is 147 Å². The second-order valence-corrected chi connectivity index (χ2v) is 6.17. The first-order chi connectivity index (χ1) is 12.2. The fourth-order valence-corrected chi connectivity index (χ4v) is 3.20. The van der Waals surface area contributed by atoms with Crippen LogP contribution in [0.25, 0.3) is 0 Å². The van der Waals surface area contributed by atoms with E-state index in [1.54, 1.807) is 7.11 Å². The number of fused-ring (bicyclic) bond motifs is 1. The van der Waals surface area contributed by atoms with Crippen LogP contribution in [-0.2, 0) is 22.4 Å². The highest BCUT2D eigenvalue weighted by molar-refractivity contribution is 5.92. The lowest BCUT2D eigenvalue weighted by Crippen LogP contribution is -2.24. The maximum Gasteiger partial charge on any atom is 0.250 e. The van der Waals surface area contributed by atoms with Crippen molar-refractivity contribution in [2.24, 2.45) is 5.92 Å². The molecule has 1 N–H and O–H groups in total. The van der Waals surface area contributed by atoms with E-state index in [1.165, 1.54) is 7.11 Å². The highest BCUT2D eigenvalue weighted by atomic mass is 16.5. The van der Waals surface area contributed by atoms with Crippen molar-refractivity contribution in [1.29, 1.82) is 0 Å². The summed E-state index contributed by atoms with van der Waals surface area (Å²) in [6, 6.07) is 13.9. The summed E-state index contributed by atoms with van der Waals surface area (Å²) in [5.41, 5.74) is 3.10. The quantitative estimate of drug-likeness (QED) is 0.877. The number of carbonyl (C=O) groups excluding carboxylic acids is 1. The minimum Gasteiger partial charge on any atom is -0.493 e. The van der Waals surface area contributed by atoms with Crippen molar-refractivity contribution in [3.05, 3.63) is 53.6 Å². The highest BCUT2D eigenvalue weighted by Crippen LogP contribution is 2.37. The maximum atomic E-state index is 11.8. The van der Waals surface area contributed by atoms with Crippen LogP contribution in [0.3, 0.4) is 0 Å². The van der Waals surface area contributed by atoms with Crippen molar-refractivity contribution < 1.29 is 19.0 Å². The SMILES string of the molecule is COCC(=O)Nc1ccccc1CC1COc2c(cccc2OC)C1. The summed E-state index contributed by atoms with van der Waals surface area (Å²) in [5.74, 6) is 1.83. The average molecular weight is 341 g/mol. The zero-order chi connectivity index (χ0) is 17.6. The van der Waals surface area contributed by atoms with Crippen molar-refractivity contribution >= 4 is 11.6 Å². The summed E-state index contributed by atoms with van der Waals surface area (Å²) in [5, 5.41) is 2.91. The zero-order valence-corrected chi connectivity index (χ0v) is 14.6. The van der Waals surface area contributed by atoms with Gasteiger partial charge in [0.25, 0.3) is 0 Å². The summed E-state index contributed by atoms with van der Waals surface area (Å²) in [7, 11) is 3.17. The Morgan fingerprint density at radius 2 is 2.04 bits per heavy atom. The molecular formula is C20H23NO4. The standard InChI is InChI=1S/C20H23NO4/c1-23-13-19(22)21-17-8-4-3-6-15(17)10-14-11-16-7-5-9-18(24-2)20(16)25-12-14/h3-9,14H,10-13H2,1-2H3,(H,21,22). The van der Waals surface area contributed by atoms with E-state index < -0.39 is 0 Å². The van der Waals surface area contributed by atoms with Gasteiger partial charge in [0.05, 0.1) is 13.7 Å². The van der Waals surface area contributed by atoms with Crippen LogP contribution in [0.15, 0.2) is 42.5 Å². The van der Waals surface area contributed by atoms with Gasteiger partial charge in [-0.3, -0.25) is 4.79 Å². The Hall–Kier alpha value is -2.53. The molecule has 3 rings (SSSR count). The van der Waals surface area contributed by atoms with Gasteiger partial charge < -0.3 is 19.5 Å². The predicted molar refractivity (Wildman–Crippen MR) is 96.3 cm³/mol. The molecule has 5 nitrogen and oxygen atoms in total. The molecule has 1 unspecified atom stereocenters. The number of benzene rings is 2. The number of methoxy groups -OCH3 is 2. The number of para-hydroxylation sites is 2. The average Bonchev–Trinajstić information content (AvgIpc) is 2.63. The lowest BCUT2D eigenvalue weighted by molar-refractivity contribution is -0.119. The van der Waals surface area contributed by atoms with Crippen molar-refractivity contribution in [2.75, 3.05) is 32.8 Å². The molecule has 0 fully saturated rings. The van der Waals surface area contributed by atoms with Crippen molar-refractivity contribution in [3.63, 3.8) is 0 Å². The van der Waals surface area contributed by atoms with Gasteiger partial charge >= 0.3 is 0 Å². The van der Waals surface area contributed by atoms with Gasteiger partial charge in [0.2, 0.25) is 5.91 Å². The zero-order valence-electron chi connectivity index (χ0n) is 14.6. The minimum atomic E-state index is -0.148. The van der Waals surface area contributed by atoms with Gasteiger partial charge in [-0.1, -0.05) is 30.3 Å². The van der Waals surface area contributed by atoms with Gasteiger partial charge in [-0.15, -0.1) is 0 Å². The van der Waals surface area contributed by atoms with Crippen LogP contribution in [0.5, 0.6) is 11.5 Å². The molecular weight excluding hydrogens is 318 g/mol. The topological polar surface area (TPSA) is 56.8 Å². The van der Waals surface area contributed by atoms with Crippen LogP contribution >= 0.6 is 0 Å². The second-order valence-electron chi connectivity index (χ2n) is 6.17. The van der Waals surface area contributed by atoms with Crippen LogP contribution < -0.4 is 14.8 Å². The third-order valence-electron chi connectivity index (χ3n) is 4.33. The molecule has 0 saturated carbocycles. The molecule has 1 amide bonds. The largest absolute Gasteiger partial charge is 0.493 e. The second kappa shape index (κ2) is 8.03. The van der Waals surface area contributed by atoms with Gasteiger partial charge in [0, 0.05) is 18.7 Å². The summed E-state index contributed by atoms with van der Waals surface area (Å²) in [6.45, 7) is 0.682. The van der Waals surface area contributed by atoms with E-state index in [0.717, 1.165) is 41.2 Å². The minimum absolute atomic E-state index is 0.0496. The third-order valence-corrected chi connectivity index (χ3v) is 4.33. The first kappa shape index (κ1) is 17.3. The summed E-state index contributed by atoms with van der Waals surface area (Å²) in [4.78, 5) is 11.8. The van der Waals surface area contributed by atoms with Crippen LogP contribution in [-0.4, -0.2) is 33.3 Å². The Morgan fingerprint density at radius 1 is 1.20 bits per heavy atom. The molecule has 2 aromatic rings. The number of hydrogen-bond donors (Lipinski definition) is 1. The van der Waals surface area contributed by atoms with Crippen LogP contribution in [0, 0.1) is 5.92 Å². The number of nitrogens with one attached hydrogen (secondary N) is 1. The molecule has 0 aromatic heterocycles. The fraction of sp³-hybridized carbons (Fsp3) is 0.350. The van der Waals surface area contributed by atoms with Crippen LogP contribution in [0.2, 0.25) is 0 Å². The Morgan fingerprint density at radius 3 is 2.84 bits per heavy atom. The van der Waals surface area contributed by atoms with E-state index in [4.69, 9.17) is 14.2 Å². The van der Waals surface area contributed by atoms with Crippen molar-refractivity contribution in [1.82, 2.24) is 0 Å². The van der Waals surface area contributed by atoms with Crippen molar-refractivity contribution in [2.45, 2.75) is 12.8 Å². The lowest BCUT2D eigenvalue weighted by Gasteiger charge is -2.27. The normalized spacial score (nSPS) is 15.8. The number of anilines is 1. The smallest absolute Gasteiger partial charge is 0.250 e. The lowest BCUT2D eigenvalue weighted by atomic mass is 9.90. The molecule has 1 heterocycles. The van der Waals surface area contributed by atoms with E-state index in [1.807, 2.05) is 36.4 Å². The van der Waals surface area contributed by atoms with Gasteiger partial charge in [-0.25, -0.2) is 0 Å². The molecule has 0 aliphatic carbocycles. The summed E-state index contributed by atoms with van der Waals surface area (Å²) in [6.07, 6.45) is 1.76. The molecule has 1 aliphatic heterocycles. The monoisotopic (exact) mass is 341 g/mol. The van der Waals surface area contributed by atoms with E-state index in [0.29, 0.717) is 12.5 Å². The number of carbonyl (C=O) groups is 1. The molecule has 1 atom stereocenters. The molecule has 25 heavy (non-hydrogen) atoms. The first-order valence-electron chi connectivity index (χ1n) is 8.36. The number of rotatable bonds is 6. The molecule has 5 heteroatoms. The van der Waals surface area contributed by atoms with Crippen LogP contribution in [0.4, 0.5) is 5.69 Å². The van der Waals surface area contributed by atoms with E-state index in [-0.39, 0.29) is 12.5 Å². The number of amides is 1. The molecule has 0 spiro atoms. The van der Waals surface area contributed by atoms with Crippen LogP contribution in [0.1, 0.15) is 11.1 Å². The predicted octanol–water partition coefficient (Wildman–Crippen LogP) is 3.07. The van der Waals surface area contributed by atoms with E-state index in [2.05, 4.69) is 11.4 Å². The summed E-state index contributed by atoms with van der Waals surface area (Å²) >= 11 is 0. The Kier molecular flexibility index (Phi) is 5.56. The molecule has 0 bridgehead atoms. The van der Waals surface area contributed by atoms with E-state index >= 15 is 0 Å².